The first-order valence-electron chi connectivity index (χ1n) is 3.15. The van der Waals surface area contributed by atoms with Crippen LogP contribution in [0.5, 0.6) is 0 Å². The highest BCUT2D eigenvalue weighted by Crippen LogP contribution is 1.94. The zero-order valence-corrected chi connectivity index (χ0v) is 6.29. The van der Waals surface area contributed by atoms with Gasteiger partial charge >= 0.3 is 5.97 Å². The van der Waals surface area contributed by atoms with Crippen LogP contribution in [0.25, 0.3) is 0 Å². The summed E-state index contributed by atoms with van der Waals surface area (Å²) in [7, 11) is 1.23. The van der Waals surface area contributed by atoms with Crippen molar-refractivity contribution in [2.45, 2.75) is 18.9 Å². The van der Waals surface area contributed by atoms with Crippen LogP contribution >= 0.6 is 0 Å². The van der Waals surface area contributed by atoms with E-state index in [9.17, 15) is 9.90 Å². The molecular formula is C6H11N2O3-. The summed E-state index contributed by atoms with van der Waals surface area (Å²) in [5.41, 5.74) is 5.27. The summed E-state index contributed by atoms with van der Waals surface area (Å²) in [6.07, 6.45) is 0.172. The van der Waals surface area contributed by atoms with Gasteiger partial charge in [-0.25, -0.2) is 0 Å². The van der Waals surface area contributed by atoms with Crippen molar-refractivity contribution in [2.24, 2.45) is 5.73 Å². The van der Waals surface area contributed by atoms with Crippen molar-refractivity contribution in [3.05, 3.63) is 0 Å². The van der Waals surface area contributed by atoms with Crippen LogP contribution in [0.3, 0.4) is 0 Å². The number of esters is 1. The smallest absolute Gasteiger partial charge is 0.322 e. The summed E-state index contributed by atoms with van der Waals surface area (Å²) in [5.74, 6) is -1.27. The molecule has 0 radical (unpaired) electrons. The van der Waals surface area contributed by atoms with Crippen molar-refractivity contribution in [3.8, 4) is 0 Å². The first-order chi connectivity index (χ1) is 5.07. The van der Waals surface area contributed by atoms with Gasteiger partial charge in [-0.1, -0.05) is 0 Å². The zero-order valence-electron chi connectivity index (χ0n) is 6.29. The third-order valence-electron chi connectivity index (χ3n) is 1.19. The molecule has 64 valence electrons. The molecule has 0 rings (SSSR count). The van der Waals surface area contributed by atoms with Crippen molar-refractivity contribution in [2.75, 3.05) is 7.11 Å². The van der Waals surface area contributed by atoms with Crippen LogP contribution in [0.4, 0.5) is 0 Å². The fraction of sp³-hybridized carbons (Fsp3) is 0.667. The summed E-state index contributed by atoms with van der Waals surface area (Å²) in [5, 5.41) is 16.6. The predicted octanol–water partition coefficient (Wildman–Crippen LogP) is -1.40. The molecule has 5 heteroatoms. The van der Waals surface area contributed by atoms with Gasteiger partial charge in [0.2, 0.25) is 0 Å². The summed E-state index contributed by atoms with van der Waals surface area (Å²) < 4.78 is 4.31. The number of hydrogen-bond donors (Lipinski definition) is 2. The maximum atomic E-state index is 10.6. The maximum Gasteiger partial charge on any atom is 0.322 e. The van der Waals surface area contributed by atoms with Crippen molar-refractivity contribution in [1.29, 1.82) is 5.41 Å². The molecule has 0 fully saturated rings. The lowest BCUT2D eigenvalue weighted by molar-refractivity contribution is -0.220. The number of hydrogen-bond acceptors (Lipinski definition) is 5. The predicted molar refractivity (Wildman–Crippen MR) is 37.0 cm³/mol. The van der Waals surface area contributed by atoms with E-state index in [1.54, 1.807) is 0 Å². The normalized spacial score (nSPS) is 12.2. The highest BCUT2D eigenvalue weighted by molar-refractivity contribution is 5.76. The lowest BCUT2D eigenvalue weighted by Crippen LogP contribution is -2.33. The van der Waals surface area contributed by atoms with Gasteiger partial charge in [-0.15, -0.1) is 0 Å². The Balaban J connectivity index is 3.60. The van der Waals surface area contributed by atoms with Gasteiger partial charge < -0.3 is 21.0 Å². The topological polar surface area (TPSA) is 99.2 Å². The average Bonchev–Trinajstić information content (AvgIpc) is 1.98. The number of carbonyl (C=O) groups is 1. The van der Waals surface area contributed by atoms with Crippen molar-refractivity contribution in [1.82, 2.24) is 0 Å². The van der Waals surface area contributed by atoms with Gasteiger partial charge in [-0.05, 0) is 18.7 Å². The van der Waals surface area contributed by atoms with Gasteiger partial charge in [0, 0.05) is 0 Å². The Morgan fingerprint density at radius 2 is 2.36 bits per heavy atom. The SMILES string of the molecule is COC(=O)[C@@H](N)CCC(=N)[O-]. The number of nitrogens with two attached hydrogens (primary N) is 1. The van der Waals surface area contributed by atoms with E-state index in [4.69, 9.17) is 11.1 Å². The molecule has 0 aromatic carbocycles. The van der Waals surface area contributed by atoms with E-state index in [1.165, 1.54) is 7.11 Å². The highest BCUT2D eigenvalue weighted by Gasteiger charge is 2.11. The molecule has 5 nitrogen and oxygen atoms in total. The van der Waals surface area contributed by atoms with Gasteiger partial charge in [0.25, 0.3) is 0 Å². The van der Waals surface area contributed by atoms with Gasteiger partial charge in [-0.3, -0.25) is 4.79 Å². The minimum absolute atomic E-state index is 0.00370. The average molecular weight is 159 g/mol. The Morgan fingerprint density at radius 1 is 1.82 bits per heavy atom. The number of nitrogens with one attached hydrogen (secondary N) is 1. The van der Waals surface area contributed by atoms with E-state index in [-0.39, 0.29) is 12.8 Å². The number of methoxy groups -OCH3 is 1. The minimum Gasteiger partial charge on any atom is -0.862 e. The van der Waals surface area contributed by atoms with E-state index in [0.29, 0.717) is 0 Å². The molecule has 0 aromatic heterocycles. The molecule has 3 N–H and O–H groups in total. The molecule has 0 unspecified atom stereocenters. The quantitative estimate of drug-likeness (QED) is 0.299. The van der Waals surface area contributed by atoms with E-state index in [2.05, 4.69) is 4.74 Å². The van der Waals surface area contributed by atoms with Crippen LogP contribution in [0.2, 0.25) is 0 Å². The van der Waals surface area contributed by atoms with Crippen molar-refractivity contribution < 1.29 is 14.6 Å². The molecule has 1 atom stereocenters. The van der Waals surface area contributed by atoms with E-state index in [1.807, 2.05) is 0 Å². The monoisotopic (exact) mass is 159 g/mol. The number of rotatable bonds is 4. The van der Waals surface area contributed by atoms with E-state index >= 15 is 0 Å². The van der Waals surface area contributed by atoms with Crippen LogP contribution in [0.1, 0.15) is 12.8 Å². The third-order valence-corrected chi connectivity index (χ3v) is 1.19. The van der Waals surface area contributed by atoms with Gasteiger partial charge in [-0.2, -0.15) is 0 Å². The van der Waals surface area contributed by atoms with Gasteiger partial charge in [0.05, 0.1) is 7.11 Å². The van der Waals surface area contributed by atoms with Crippen LogP contribution in [0, 0.1) is 5.41 Å². The molecule has 0 aromatic rings. The standard InChI is InChI=1S/C6H12N2O3/c1-11-6(10)4(7)2-3-5(8)9/h4H,2-3,7H2,1H3,(H2,8,9)/p-1/t4-/m0/s1. The lowest BCUT2D eigenvalue weighted by Gasteiger charge is -2.10. The largest absolute Gasteiger partial charge is 0.862 e. The Kier molecular flexibility index (Phi) is 4.21. The molecule has 0 aliphatic heterocycles. The zero-order chi connectivity index (χ0) is 8.85. The van der Waals surface area contributed by atoms with Gasteiger partial charge in [0.1, 0.15) is 6.04 Å². The Hall–Kier alpha value is -1.10. The minimum atomic E-state index is -0.783. The van der Waals surface area contributed by atoms with Crippen molar-refractivity contribution in [3.63, 3.8) is 0 Å². The summed E-state index contributed by atoms with van der Waals surface area (Å²) in [6, 6.07) is -0.783. The van der Waals surface area contributed by atoms with Crippen LogP contribution < -0.4 is 10.8 Å². The van der Waals surface area contributed by atoms with Crippen LogP contribution in [-0.4, -0.2) is 25.0 Å². The fourth-order valence-corrected chi connectivity index (χ4v) is 0.556. The Bertz CT molecular complexity index is 158. The lowest BCUT2D eigenvalue weighted by atomic mass is 10.2. The molecule has 0 saturated carbocycles. The third kappa shape index (κ3) is 4.32. The molecule has 0 heterocycles. The molecular weight excluding hydrogens is 148 g/mol. The summed E-state index contributed by atoms with van der Waals surface area (Å²) >= 11 is 0. The molecule has 0 aliphatic rings. The van der Waals surface area contributed by atoms with Gasteiger partial charge in [0.15, 0.2) is 0 Å². The Labute approximate surface area is 64.7 Å². The second-order valence-corrected chi connectivity index (χ2v) is 2.09. The maximum absolute atomic E-state index is 10.6. The van der Waals surface area contributed by atoms with Crippen LogP contribution in [0.15, 0.2) is 0 Å². The summed E-state index contributed by atoms with van der Waals surface area (Å²) in [4.78, 5) is 10.6. The number of carbonyl (C=O) groups excluding carboxylic acids is 1. The molecule has 0 spiro atoms. The fourth-order valence-electron chi connectivity index (χ4n) is 0.556. The Morgan fingerprint density at radius 3 is 2.73 bits per heavy atom. The second-order valence-electron chi connectivity index (χ2n) is 2.09. The second kappa shape index (κ2) is 4.68. The number of ether oxygens (including phenoxy) is 1. The molecule has 0 aliphatic carbocycles. The molecule has 0 amide bonds. The molecule has 0 saturated heterocycles. The first-order valence-corrected chi connectivity index (χ1v) is 3.15. The van der Waals surface area contributed by atoms with E-state index < -0.39 is 17.9 Å². The molecule has 11 heavy (non-hydrogen) atoms. The van der Waals surface area contributed by atoms with Crippen LogP contribution in [-0.2, 0) is 9.53 Å². The van der Waals surface area contributed by atoms with E-state index in [0.717, 1.165) is 0 Å². The molecule has 0 bridgehead atoms. The van der Waals surface area contributed by atoms with Crippen molar-refractivity contribution >= 4 is 11.9 Å². The first kappa shape index (κ1) is 9.90. The summed E-state index contributed by atoms with van der Waals surface area (Å²) in [6.45, 7) is 0. The highest BCUT2D eigenvalue weighted by atomic mass is 16.5.